The van der Waals surface area contributed by atoms with Crippen LogP contribution >= 0.6 is 11.9 Å². The number of rotatable bonds is 8. The Hall–Kier alpha value is -3.78. The summed E-state index contributed by atoms with van der Waals surface area (Å²) < 4.78 is 41.5. The van der Waals surface area contributed by atoms with Crippen LogP contribution in [0.25, 0.3) is 22.1 Å². The number of furan rings is 1. The lowest BCUT2D eigenvalue weighted by Crippen LogP contribution is -2.62. The van der Waals surface area contributed by atoms with Gasteiger partial charge in [-0.1, -0.05) is 30.1 Å². The van der Waals surface area contributed by atoms with Crippen LogP contribution in [-0.4, -0.2) is 49.2 Å². The largest absolute Gasteiger partial charge is 0.495 e. The van der Waals surface area contributed by atoms with Crippen LogP contribution in [0.2, 0.25) is 0 Å². The zero-order valence-electron chi connectivity index (χ0n) is 22.5. The van der Waals surface area contributed by atoms with Crippen molar-refractivity contribution in [3.8, 4) is 22.9 Å². The molecule has 2 aliphatic rings. The molecule has 2 aliphatic carbocycles. The van der Waals surface area contributed by atoms with Gasteiger partial charge in [-0.2, -0.15) is 5.26 Å². The van der Waals surface area contributed by atoms with Crippen LogP contribution < -0.4 is 19.7 Å². The Morgan fingerprint density at radius 1 is 1.02 bits per heavy atom. The van der Waals surface area contributed by atoms with E-state index in [0.717, 1.165) is 16.8 Å². The van der Waals surface area contributed by atoms with Crippen LogP contribution in [0.4, 0.5) is 14.5 Å². The molecule has 40 heavy (non-hydrogen) atoms. The van der Waals surface area contributed by atoms with Gasteiger partial charge in [-0.25, -0.2) is 8.78 Å². The lowest BCUT2D eigenvalue weighted by molar-refractivity contribution is -0.133. The molecule has 0 spiro atoms. The number of carbonyl (C=O) groups is 2. The van der Waals surface area contributed by atoms with Crippen LogP contribution in [0.3, 0.4) is 0 Å². The van der Waals surface area contributed by atoms with E-state index in [1.807, 2.05) is 54.0 Å². The lowest BCUT2D eigenvalue weighted by atomic mass is 9.78. The van der Waals surface area contributed by atoms with Gasteiger partial charge in [0.15, 0.2) is 5.76 Å². The Balaban J connectivity index is 1.40. The van der Waals surface area contributed by atoms with E-state index >= 15 is 0 Å². The summed E-state index contributed by atoms with van der Waals surface area (Å²) in [6.07, 6.45) is 1.38. The first kappa shape index (κ1) is 27.8. The number of nitriles is 1. The standard InChI is InChI=1S/C29H30F2N4O4S/c1-35(40-3)21-7-6-19(15-23(21)38-2)18-4-5-20-16-24(39-22(20)14-18)25(36)33-28(10-12-29(30,31)13-11-28)26(37)34-27(17-32)8-9-27/h4-7,14-16H,8-13H2,1-3H3,(H,33,36)(H,34,37). The Labute approximate surface area is 235 Å². The van der Waals surface area contributed by atoms with E-state index in [4.69, 9.17) is 9.15 Å². The normalized spacial score (nSPS) is 18.4. The van der Waals surface area contributed by atoms with E-state index in [0.29, 0.717) is 29.6 Å². The minimum Gasteiger partial charge on any atom is -0.495 e. The van der Waals surface area contributed by atoms with Crippen LogP contribution in [-0.2, 0) is 4.79 Å². The number of hydrogen-bond donors (Lipinski definition) is 2. The number of halogens is 2. The summed E-state index contributed by atoms with van der Waals surface area (Å²) in [6.45, 7) is 0. The minimum atomic E-state index is -2.91. The Bertz CT molecular complexity index is 1500. The van der Waals surface area contributed by atoms with Crippen LogP contribution in [0, 0.1) is 11.3 Å². The van der Waals surface area contributed by atoms with Gasteiger partial charge >= 0.3 is 0 Å². The second-order valence-electron chi connectivity index (χ2n) is 10.5. The maximum Gasteiger partial charge on any atom is 0.287 e. The zero-order valence-corrected chi connectivity index (χ0v) is 23.3. The van der Waals surface area contributed by atoms with Crippen LogP contribution in [0.15, 0.2) is 46.9 Å². The van der Waals surface area contributed by atoms with Gasteiger partial charge in [0.05, 0.1) is 18.9 Å². The van der Waals surface area contributed by atoms with Crippen molar-refractivity contribution in [1.29, 1.82) is 5.26 Å². The van der Waals surface area contributed by atoms with E-state index < -0.39 is 41.7 Å². The van der Waals surface area contributed by atoms with Crippen molar-refractivity contribution in [3.63, 3.8) is 0 Å². The Morgan fingerprint density at radius 2 is 1.70 bits per heavy atom. The molecule has 0 aliphatic heterocycles. The van der Waals surface area contributed by atoms with Gasteiger partial charge in [0, 0.05) is 31.5 Å². The fourth-order valence-corrected chi connectivity index (χ4v) is 5.34. The Morgan fingerprint density at radius 3 is 2.33 bits per heavy atom. The number of anilines is 1. The van der Waals surface area contributed by atoms with Crippen molar-refractivity contribution in [2.45, 2.75) is 55.5 Å². The third-order valence-corrected chi connectivity index (χ3v) is 8.55. The van der Waals surface area contributed by atoms with Gasteiger partial charge in [0.1, 0.15) is 22.4 Å². The molecule has 2 fully saturated rings. The summed E-state index contributed by atoms with van der Waals surface area (Å²) in [4.78, 5) is 26.6. The highest BCUT2D eigenvalue weighted by atomic mass is 32.2. The quantitative estimate of drug-likeness (QED) is 0.337. The van der Waals surface area contributed by atoms with E-state index in [9.17, 15) is 23.6 Å². The summed E-state index contributed by atoms with van der Waals surface area (Å²) in [7, 11) is 3.56. The monoisotopic (exact) mass is 568 g/mol. The summed E-state index contributed by atoms with van der Waals surface area (Å²) in [5, 5.41) is 15.5. The summed E-state index contributed by atoms with van der Waals surface area (Å²) in [5.41, 5.74) is 0.583. The molecular weight excluding hydrogens is 538 g/mol. The molecule has 0 saturated heterocycles. The lowest BCUT2D eigenvalue weighted by Gasteiger charge is -2.39. The third-order valence-electron chi connectivity index (χ3n) is 7.81. The number of amides is 2. The minimum absolute atomic E-state index is 0.0346. The molecule has 1 aromatic heterocycles. The summed E-state index contributed by atoms with van der Waals surface area (Å²) in [6, 6.07) is 15.0. The van der Waals surface area contributed by atoms with Crippen molar-refractivity contribution in [3.05, 3.63) is 48.2 Å². The second kappa shape index (κ2) is 10.3. The molecule has 3 aromatic rings. The molecule has 1 heterocycles. The number of methoxy groups -OCH3 is 1. The van der Waals surface area contributed by atoms with E-state index in [2.05, 4.69) is 16.7 Å². The average molecular weight is 569 g/mol. The SMILES string of the molecule is COc1cc(-c2ccc3cc(C(=O)NC4(C(=O)NC5(C#N)CC5)CCC(F)(F)CC4)oc3c2)ccc1N(C)SC. The number of benzene rings is 2. The summed E-state index contributed by atoms with van der Waals surface area (Å²) >= 11 is 1.56. The molecular formula is C29H30F2N4O4S. The maximum absolute atomic E-state index is 14.0. The van der Waals surface area contributed by atoms with E-state index in [-0.39, 0.29) is 18.6 Å². The highest BCUT2D eigenvalue weighted by Gasteiger charge is 2.53. The number of fused-ring (bicyclic) bond motifs is 1. The molecule has 8 nitrogen and oxygen atoms in total. The van der Waals surface area contributed by atoms with Crippen molar-refractivity contribution in [2.24, 2.45) is 0 Å². The van der Waals surface area contributed by atoms with Crippen LogP contribution in [0.1, 0.15) is 49.1 Å². The van der Waals surface area contributed by atoms with Crippen molar-refractivity contribution in [1.82, 2.24) is 10.6 Å². The Kier molecular flexibility index (Phi) is 7.17. The molecule has 0 atom stereocenters. The highest BCUT2D eigenvalue weighted by Crippen LogP contribution is 2.41. The fourth-order valence-electron chi connectivity index (χ4n) is 5.00. The average Bonchev–Trinajstić information content (AvgIpc) is 3.59. The summed E-state index contributed by atoms with van der Waals surface area (Å²) in [5.74, 6) is -3.53. The number of hydrogen-bond acceptors (Lipinski definition) is 7. The molecule has 2 amide bonds. The fraction of sp³-hybridized carbons (Fsp3) is 0.414. The van der Waals surface area contributed by atoms with E-state index in [1.54, 1.807) is 25.1 Å². The molecule has 2 saturated carbocycles. The van der Waals surface area contributed by atoms with Crippen molar-refractivity contribution < 1.29 is 27.5 Å². The molecule has 2 N–H and O–H groups in total. The van der Waals surface area contributed by atoms with Crippen molar-refractivity contribution >= 4 is 40.4 Å². The molecule has 0 bridgehead atoms. The van der Waals surface area contributed by atoms with Crippen LogP contribution in [0.5, 0.6) is 5.75 Å². The first-order valence-electron chi connectivity index (χ1n) is 13.0. The smallest absolute Gasteiger partial charge is 0.287 e. The first-order chi connectivity index (χ1) is 19.0. The number of alkyl halides is 2. The highest BCUT2D eigenvalue weighted by molar-refractivity contribution is 7.99. The molecule has 0 unspecified atom stereocenters. The molecule has 2 aromatic carbocycles. The van der Waals surface area contributed by atoms with Crippen molar-refractivity contribution in [2.75, 3.05) is 24.7 Å². The predicted molar refractivity (Wildman–Crippen MR) is 149 cm³/mol. The predicted octanol–water partition coefficient (Wildman–Crippen LogP) is 5.67. The number of ether oxygens (including phenoxy) is 1. The molecule has 210 valence electrons. The topological polar surface area (TPSA) is 108 Å². The first-order valence-corrected chi connectivity index (χ1v) is 14.1. The number of nitrogens with one attached hydrogen (secondary N) is 2. The van der Waals surface area contributed by atoms with Gasteiger partial charge in [0.2, 0.25) is 11.8 Å². The molecule has 11 heteroatoms. The second-order valence-corrected chi connectivity index (χ2v) is 11.4. The van der Waals surface area contributed by atoms with Gasteiger partial charge in [0.25, 0.3) is 5.91 Å². The molecule has 0 radical (unpaired) electrons. The number of carbonyl (C=O) groups excluding carboxylic acids is 2. The zero-order chi connectivity index (χ0) is 28.7. The van der Waals surface area contributed by atoms with Gasteiger partial charge in [-0.15, -0.1) is 0 Å². The van der Waals surface area contributed by atoms with Gasteiger partial charge in [-0.05, 0) is 61.1 Å². The number of nitrogens with zero attached hydrogens (tertiary/aromatic N) is 2. The maximum atomic E-state index is 14.0. The third kappa shape index (κ3) is 5.32. The van der Waals surface area contributed by atoms with Gasteiger partial charge in [-0.3, -0.25) is 9.59 Å². The molecule has 5 rings (SSSR count). The van der Waals surface area contributed by atoms with E-state index in [1.165, 1.54) is 0 Å². The van der Waals surface area contributed by atoms with Gasteiger partial charge < -0.3 is 24.1 Å².